The van der Waals surface area contributed by atoms with E-state index in [9.17, 15) is 10.1 Å². The number of anilines is 1. The molecule has 4 rings (SSSR count). The number of methoxy groups -OCH3 is 1. The van der Waals surface area contributed by atoms with Gasteiger partial charge in [-0.3, -0.25) is 5.32 Å². The number of halogens is 2. The van der Waals surface area contributed by atoms with E-state index in [0.29, 0.717) is 48.8 Å². The number of pyridine rings is 1. The van der Waals surface area contributed by atoms with Crippen LogP contribution in [0.15, 0.2) is 48.9 Å². The van der Waals surface area contributed by atoms with Crippen molar-refractivity contribution >= 4 is 46.4 Å². The minimum Gasteiger partial charge on any atom is -0.453 e. The van der Waals surface area contributed by atoms with Gasteiger partial charge in [0.1, 0.15) is 17.7 Å². The van der Waals surface area contributed by atoms with E-state index in [-0.39, 0.29) is 0 Å². The number of carbonyl (C=O) groups excluding carboxylic acids is 1. The number of amides is 1. The third-order valence-corrected chi connectivity index (χ3v) is 6.16. The summed E-state index contributed by atoms with van der Waals surface area (Å²) in [5, 5.41) is 13.5. The number of ether oxygens (including phenoxy) is 1. The highest BCUT2D eigenvalue weighted by Gasteiger charge is 2.25. The number of nitrogens with one attached hydrogen (secondary N) is 2. The van der Waals surface area contributed by atoms with E-state index < -0.39 is 6.09 Å². The number of hydrogen-bond donors (Lipinski definition) is 2. The maximum Gasteiger partial charge on any atom is 0.412 e. The predicted molar refractivity (Wildman–Crippen MR) is 121 cm³/mol. The highest BCUT2D eigenvalue weighted by Crippen LogP contribution is 2.48. The standard InChI is InChI=1S/C21H13Cl2N5O2S/c1-30-21(29)28-16-8-11(4-5-25-16)18-14(10-24)17(13-3-2-12(22)9-15(13)23)19(31-18)20-26-6-7-27-20/h2-9H,1H3,(H,26,27)(H,25,28,29). The summed E-state index contributed by atoms with van der Waals surface area (Å²) in [5.41, 5.74) is 2.44. The van der Waals surface area contributed by atoms with Gasteiger partial charge in [0, 0.05) is 39.8 Å². The van der Waals surface area contributed by atoms with Crippen molar-refractivity contribution < 1.29 is 9.53 Å². The smallest absolute Gasteiger partial charge is 0.412 e. The molecule has 7 nitrogen and oxygen atoms in total. The number of carbonyl (C=O) groups is 1. The molecule has 0 bridgehead atoms. The summed E-state index contributed by atoms with van der Waals surface area (Å²) < 4.78 is 4.62. The van der Waals surface area contributed by atoms with Crippen LogP contribution in [-0.2, 0) is 4.74 Å². The number of benzene rings is 1. The zero-order valence-corrected chi connectivity index (χ0v) is 18.3. The van der Waals surface area contributed by atoms with Crippen LogP contribution in [-0.4, -0.2) is 28.2 Å². The Hall–Kier alpha value is -3.38. The zero-order valence-electron chi connectivity index (χ0n) is 15.9. The van der Waals surface area contributed by atoms with Crippen LogP contribution in [0.3, 0.4) is 0 Å². The van der Waals surface area contributed by atoms with E-state index in [1.807, 2.05) is 0 Å². The Morgan fingerprint density at radius 3 is 2.71 bits per heavy atom. The van der Waals surface area contributed by atoms with Crippen LogP contribution in [0.1, 0.15) is 5.56 Å². The van der Waals surface area contributed by atoms with Gasteiger partial charge in [-0.25, -0.2) is 14.8 Å². The fourth-order valence-corrected chi connectivity index (χ4v) is 4.77. The van der Waals surface area contributed by atoms with Crippen LogP contribution in [0.5, 0.6) is 0 Å². The molecule has 0 atom stereocenters. The van der Waals surface area contributed by atoms with Crippen molar-refractivity contribution in [2.24, 2.45) is 0 Å². The first-order chi connectivity index (χ1) is 15.0. The van der Waals surface area contributed by atoms with Crippen LogP contribution >= 0.6 is 34.5 Å². The summed E-state index contributed by atoms with van der Waals surface area (Å²) in [6.07, 6.45) is 4.25. The third kappa shape index (κ3) is 4.11. The van der Waals surface area contributed by atoms with E-state index >= 15 is 0 Å². The van der Waals surface area contributed by atoms with E-state index in [0.717, 1.165) is 4.88 Å². The van der Waals surface area contributed by atoms with Crippen LogP contribution in [0.25, 0.3) is 32.3 Å². The number of aromatic amines is 1. The number of rotatable bonds is 4. The Labute approximate surface area is 191 Å². The molecule has 0 fully saturated rings. The fourth-order valence-electron chi connectivity index (χ4n) is 3.04. The molecule has 154 valence electrons. The molecule has 10 heteroatoms. The van der Waals surface area contributed by atoms with Crippen LogP contribution in [0, 0.1) is 11.3 Å². The van der Waals surface area contributed by atoms with E-state index in [1.54, 1.807) is 48.9 Å². The van der Waals surface area contributed by atoms with Crippen LogP contribution < -0.4 is 5.32 Å². The summed E-state index contributed by atoms with van der Waals surface area (Å²) in [7, 11) is 1.27. The number of nitriles is 1. The van der Waals surface area contributed by atoms with Crippen molar-refractivity contribution in [1.29, 1.82) is 5.26 Å². The second kappa shape index (κ2) is 8.78. The number of nitrogens with zero attached hydrogens (tertiary/aromatic N) is 3. The normalized spacial score (nSPS) is 10.5. The SMILES string of the molecule is COC(=O)Nc1cc(-c2sc(-c3ncc[nH]3)c(-c3ccc(Cl)cc3Cl)c2C#N)ccn1. The molecule has 2 N–H and O–H groups in total. The minimum absolute atomic E-state index is 0.298. The maximum atomic E-state index is 11.6. The summed E-state index contributed by atoms with van der Waals surface area (Å²) in [5.74, 6) is 0.906. The topological polar surface area (TPSA) is 104 Å². The lowest BCUT2D eigenvalue weighted by Gasteiger charge is -2.07. The maximum absolute atomic E-state index is 11.6. The molecule has 0 saturated heterocycles. The van der Waals surface area contributed by atoms with Gasteiger partial charge in [0.15, 0.2) is 0 Å². The lowest BCUT2D eigenvalue weighted by atomic mass is 9.98. The lowest BCUT2D eigenvalue weighted by molar-refractivity contribution is 0.187. The van der Waals surface area contributed by atoms with Crippen molar-refractivity contribution in [3.05, 3.63) is 64.5 Å². The number of aromatic nitrogens is 3. The number of H-pyrrole nitrogens is 1. The lowest BCUT2D eigenvalue weighted by Crippen LogP contribution is -2.11. The third-order valence-electron chi connectivity index (χ3n) is 4.37. The Balaban J connectivity index is 1.94. The summed E-state index contributed by atoms with van der Waals surface area (Å²) in [6.45, 7) is 0. The first kappa shape index (κ1) is 20.9. The molecule has 0 unspecified atom stereocenters. The fraction of sp³-hybridized carbons (Fsp3) is 0.0476. The van der Waals surface area contributed by atoms with Crippen molar-refractivity contribution in [2.45, 2.75) is 0 Å². The number of thiophene rings is 1. The quantitative estimate of drug-likeness (QED) is 0.368. The average Bonchev–Trinajstić information content (AvgIpc) is 3.41. The van der Waals surface area contributed by atoms with Gasteiger partial charge in [-0.15, -0.1) is 11.3 Å². The van der Waals surface area contributed by atoms with Crippen molar-refractivity contribution in [3.63, 3.8) is 0 Å². The van der Waals surface area contributed by atoms with Gasteiger partial charge in [0.05, 0.1) is 22.4 Å². The largest absolute Gasteiger partial charge is 0.453 e. The van der Waals surface area contributed by atoms with E-state index in [4.69, 9.17) is 23.2 Å². The monoisotopic (exact) mass is 469 g/mol. The van der Waals surface area contributed by atoms with Crippen molar-refractivity contribution in [1.82, 2.24) is 15.0 Å². The van der Waals surface area contributed by atoms with Gasteiger partial charge in [-0.05, 0) is 29.8 Å². The Bertz CT molecular complexity index is 1310. The molecule has 3 aromatic heterocycles. The first-order valence-corrected chi connectivity index (χ1v) is 10.4. The first-order valence-electron chi connectivity index (χ1n) is 8.85. The average molecular weight is 470 g/mol. The summed E-state index contributed by atoms with van der Waals surface area (Å²) in [6, 6.07) is 10.9. The molecule has 3 heterocycles. The van der Waals surface area contributed by atoms with Gasteiger partial charge in [-0.1, -0.05) is 29.3 Å². The van der Waals surface area contributed by atoms with E-state index in [1.165, 1.54) is 18.4 Å². The highest BCUT2D eigenvalue weighted by molar-refractivity contribution is 7.19. The van der Waals surface area contributed by atoms with Gasteiger partial charge >= 0.3 is 6.09 Å². The minimum atomic E-state index is -0.638. The molecule has 0 saturated carbocycles. The van der Waals surface area contributed by atoms with Gasteiger partial charge in [0.2, 0.25) is 0 Å². The molecule has 1 amide bonds. The summed E-state index contributed by atoms with van der Waals surface area (Å²) in [4.78, 5) is 24.6. The molecule has 0 aliphatic heterocycles. The molecule has 1 aromatic carbocycles. The predicted octanol–water partition coefficient (Wildman–Crippen LogP) is 6.22. The van der Waals surface area contributed by atoms with Crippen LogP contribution in [0.4, 0.5) is 10.6 Å². The molecule has 0 aliphatic rings. The molecule has 31 heavy (non-hydrogen) atoms. The second-order valence-corrected chi connectivity index (χ2v) is 8.09. The Morgan fingerprint density at radius 1 is 1.19 bits per heavy atom. The highest BCUT2D eigenvalue weighted by atomic mass is 35.5. The van der Waals surface area contributed by atoms with Crippen molar-refractivity contribution in [3.8, 4) is 38.3 Å². The van der Waals surface area contributed by atoms with Crippen molar-refractivity contribution in [2.75, 3.05) is 12.4 Å². The molecular formula is C21H13Cl2N5O2S. The molecule has 0 radical (unpaired) electrons. The number of imidazole rings is 1. The van der Waals surface area contributed by atoms with E-state index in [2.05, 4.69) is 31.1 Å². The molecule has 0 aliphatic carbocycles. The van der Waals surface area contributed by atoms with Crippen LogP contribution in [0.2, 0.25) is 10.0 Å². The Morgan fingerprint density at radius 2 is 2.03 bits per heavy atom. The molecule has 4 aromatic rings. The molecular weight excluding hydrogens is 457 g/mol. The summed E-state index contributed by atoms with van der Waals surface area (Å²) >= 11 is 13.9. The van der Waals surface area contributed by atoms with Gasteiger partial charge in [0.25, 0.3) is 0 Å². The Kier molecular flexibility index (Phi) is 5.91. The van der Waals surface area contributed by atoms with Gasteiger partial charge < -0.3 is 9.72 Å². The number of hydrogen-bond acceptors (Lipinski definition) is 6. The second-order valence-electron chi connectivity index (χ2n) is 6.23. The van der Waals surface area contributed by atoms with Gasteiger partial charge in [-0.2, -0.15) is 5.26 Å². The zero-order chi connectivity index (χ0) is 22.0. The molecule has 0 spiro atoms.